The van der Waals surface area contributed by atoms with E-state index in [2.05, 4.69) is 0 Å². The normalized spacial score (nSPS) is 26.9. The average molecular weight is 762 g/mol. The van der Waals surface area contributed by atoms with Crippen molar-refractivity contribution in [3.05, 3.63) is 9.66 Å². The molecule has 5 nitrogen and oxygen atoms in total. The Morgan fingerprint density at radius 2 is 1.02 bits per heavy atom. The summed E-state index contributed by atoms with van der Waals surface area (Å²) in [6, 6.07) is 0. The van der Waals surface area contributed by atoms with E-state index in [4.69, 9.17) is 9.84 Å². The molecule has 1 saturated carbocycles. The van der Waals surface area contributed by atoms with Crippen LogP contribution in [0.1, 0.15) is 6.42 Å². The van der Waals surface area contributed by atoms with E-state index < -0.39 is 107 Å². The van der Waals surface area contributed by atoms with Crippen molar-refractivity contribution in [1.29, 1.82) is 0 Å². The monoisotopic (exact) mass is 762 g/mol. The van der Waals surface area contributed by atoms with Gasteiger partial charge < -0.3 is 25.2 Å². The molecule has 0 amide bonds. The summed E-state index contributed by atoms with van der Waals surface area (Å²) in [6.45, 7) is -2.30. The van der Waals surface area contributed by atoms with Crippen LogP contribution in [-0.2, 0) is 4.74 Å². The summed E-state index contributed by atoms with van der Waals surface area (Å²) in [5.41, 5.74) is 0. The van der Waals surface area contributed by atoms with Crippen LogP contribution in [-0.4, -0.2) is 106 Å². The Morgan fingerprint density at radius 3 is 1.41 bits per heavy atom. The lowest BCUT2D eigenvalue weighted by Crippen LogP contribution is -2.74. The minimum Gasteiger partial charge on any atom is -0.396 e. The van der Waals surface area contributed by atoms with Gasteiger partial charge in [-0.15, -0.1) is 0 Å². The third-order valence-corrected chi connectivity index (χ3v) is 6.48. The van der Waals surface area contributed by atoms with Crippen LogP contribution < -0.4 is 0 Å². The summed E-state index contributed by atoms with van der Waals surface area (Å²) in [6.07, 6.45) is -17.3. The molecule has 4 N–H and O–H groups in total. The standard InChI is InChI=1S/C18H16F17IO5/c19-11(20,2-6(36)4-41-7-1-5(3-37)8(38)10(40)9(7)39)12(21,22)13(23,24)14(25,26)15(27,28)16(29,30)17(31,32)18(33,34)35/h2,5,7-10,37-40H,1,3-4H2/t5-,7?,8-,9+,10+/m1/s1. The molecule has 1 aliphatic rings. The van der Waals surface area contributed by atoms with Crippen molar-refractivity contribution in [3.8, 4) is 0 Å². The van der Waals surface area contributed by atoms with Gasteiger partial charge in [-0.1, -0.05) is 0 Å². The number of hydrogen-bond donors (Lipinski definition) is 4. The Morgan fingerprint density at radius 1 is 0.634 bits per heavy atom. The van der Waals surface area contributed by atoms with Crippen LogP contribution in [0.4, 0.5) is 74.6 Å². The van der Waals surface area contributed by atoms with E-state index in [1.807, 2.05) is 0 Å². The highest BCUT2D eigenvalue weighted by Crippen LogP contribution is 2.64. The van der Waals surface area contributed by atoms with E-state index in [0.29, 0.717) is 22.6 Å². The number of ether oxygens (including phenoxy) is 1. The number of aliphatic hydroxyl groups is 4. The summed E-state index contributed by atoms with van der Waals surface area (Å²) in [4.78, 5) is 0. The SMILES string of the molecule is OC[C@H]1CC(OCC(I)=CC(F)(F)C(F)(F)C(F)(F)C(F)(F)C(F)(F)C(F)(F)C(F)(F)C(F)(F)F)[C@H](O)[C@@H](O)[C@@H]1O. The molecule has 0 aromatic rings. The van der Waals surface area contributed by atoms with Crippen LogP contribution in [0.15, 0.2) is 9.66 Å². The first kappa shape index (κ1) is 38.1. The van der Waals surface area contributed by atoms with Crippen molar-refractivity contribution < 1.29 is 99.8 Å². The predicted molar refractivity (Wildman–Crippen MR) is 106 cm³/mol. The predicted octanol–water partition coefficient (Wildman–Crippen LogP) is 4.79. The highest BCUT2D eigenvalue weighted by molar-refractivity contribution is 14.1. The van der Waals surface area contributed by atoms with Crippen LogP contribution in [0.3, 0.4) is 0 Å². The molecule has 41 heavy (non-hydrogen) atoms. The van der Waals surface area contributed by atoms with E-state index in [9.17, 15) is 90.0 Å². The smallest absolute Gasteiger partial charge is 0.396 e. The van der Waals surface area contributed by atoms with Gasteiger partial charge in [-0.05, 0) is 29.0 Å². The number of halogens is 18. The molecule has 0 heterocycles. The van der Waals surface area contributed by atoms with Crippen LogP contribution in [0, 0.1) is 5.92 Å². The molecule has 0 aliphatic heterocycles. The first-order chi connectivity index (χ1) is 17.9. The van der Waals surface area contributed by atoms with E-state index in [1.54, 1.807) is 0 Å². The first-order valence-corrected chi connectivity index (χ1v) is 11.3. The van der Waals surface area contributed by atoms with Gasteiger partial charge in [-0.3, -0.25) is 0 Å². The molecule has 244 valence electrons. The van der Waals surface area contributed by atoms with Gasteiger partial charge in [-0.25, -0.2) is 0 Å². The van der Waals surface area contributed by atoms with Gasteiger partial charge in [0, 0.05) is 22.2 Å². The molecule has 0 saturated heterocycles. The molecule has 23 heteroatoms. The lowest BCUT2D eigenvalue weighted by molar-refractivity contribution is -0.459. The van der Waals surface area contributed by atoms with Gasteiger partial charge in [0.1, 0.15) is 12.2 Å². The molecular weight excluding hydrogens is 746 g/mol. The zero-order valence-corrected chi connectivity index (χ0v) is 21.2. The number of aliphatic hydroxyl groups excluding tert-OH is 4. The quantitative estimate of drug-likeness (QED) is 0.180. The van der Waals surface area contributed by atoms with Crippen molar-refractivity contribution in [2.45, 2.75) is 78.5 Å². The Hall–Kier alpha value is -0.920. The molecule has 1 fully saturated rings. The van der Waals surface area contributed by atoms with Crippen LogP contribution in [0.5, 0.6) is 0 Å². The van der Waals surface area contributed by atoms with E-state index in [-0.39, 0.29) is 0 Å². The van der Waals surface area contributed by atoms with Gasteiger partial charge in [0.15, 0.2) is 0 Å². The topological polar surface area (TPSA) is 90.2 Å². The second-order valence-electron chi connectivity index (χ2n) is 8.66. The third kappa shape index (κ3) is 6.07. The van der Waals surface area contributed by atoms with Gasteiger partial charge in [0.05, 0.1) is 18.8 Å². The van der Waals surface area contributed by atoms with Gasteiger partial charge >= 0.3 is 47.6 Å². The van der Waals surface area contributed by atoms with Gasteiger partial charge in [0.25, 0.3) is 0 Å². The molecule has 0 bridgehead atoms. The van der Waals surface area contributed by atoms with Crippen LogP contribution >= 0.6 is 22.6 Å². The van der Waals surface area contributed by atoms with Crippen LogP contribution in [0.2, 0.25) is 0 Å². The summed E-state index contributed by atoms with van der Waals surface area (Å²) < 4.78 is 230. The molecule has 1 aliphatic carbocycles. The van der Waals surface area contributed by atoms with Crippen LogP contribution in [0.25, 0.3) is 0 Å². The highest BCUT2D eigenvalue weighted by Gasteiger charge is 2.95. The third-order valence-electron chi connectivity index (χ3n) is 5.85. The zero-order valence-electron chi connectivity index (χ0n) is 19.1. The summed E-state index contributed by atoms with van der Waals surface area (Å²) >= 11 is 0.586. The maximum atomic E-state index is 14.0. The van der Waals surface area contributed by atoms with Crippen molar-refractivity contribution in [1.82, 2.24) is 0 Å². The fourth-order valence-electron chi connectivity index (χ4n) is 3.32. The molecule has 5 atom stereocenters. The Labute approximate surface area is 230 Å². The molecule has 0 spiro atoms. The fraction of sp³-hybridized carbons (Fsp3) is 0.889. The number of allylic oxidation sites excluding steroid dienone is 1. The molecule has 0 aromatic carbocycles. The zero-order chi connectivity index (χ0) is 33.0. The molecule has 1 rings (SSSR count). The van der Waals surface area contributed by atoms with E-state index in [1.165, 1.54) is 0 Å². The summed E-state index contributed by atoms with van der Waals surface area (Å²) in [5, 5.41) is 38.2. The van der Waals surface area contributed by atoms with E-state index in [0.717, 1.165) is 0 Å². The summed E-state index contributed by atoms with van der Waals surface area (Å²) in [5.74, 6) is -58.6. The maximum absolute atomic E-state index is 14.0. The fourth-order valence-corrected chi connectivity index (χ4v) is 3.89. The van der Waals surface area contributed by atoms with Gasteiger partial charge in [-0.2, -0.15) is 74.6 Å². The highest BCUT2D eigenvalue weighted by atomic mass is 127. The van der Waals surface area contributed by atoms with Crippen molar-refractivity contribution in [3.63, 3.8) is 0 Å². The van der Waals surface area contributed by atoms with Crippen molar-refractivity contribution in [2.75, 3.05) is 13.2 Å². The second-order valence-corrected chi connectivity index (χ2v) is 10.0. The number of rotatable bonds is 11. The van der Waals surface area contributed by atoms with E-state index >= 15 is 0 Å². The second kappa shape index (κ2) is 11.5. The van der Waals surface area contributed by atoms with Crippen molar-refractivity contribution in [2.24, 2.45) is 5.92 Å². The van der Waals surface area contributed by atoms with Crippen molar-refractivity contribution >= 4 is 22.6 Å². The largest absolute Gasteiger partial charge is 0.460 e. The molecule has 0 radical (unpaired) electrons. The Kier molecular flexibility index (Phi) is 10.7. The minimum absolute atomic E-state index is 0.553. The minimum atomic E-state index is -8.73. The average Bonchev–Trinajstić information content (AvgIpc) is 2.80. The summed E-state index contributed by atoms with van der Waals surface area (Å²) in [7, 11) is 0. The first-order valence-electron chi connectivity index (χ1n) is 10.3. The molecular formula is C18H16F17IO5. The Balaban J connectivity index is 3.37. The molecule has 1 unspecified atom stereocenters. The Bertz CT molecular complexity index is 952. The van der Waals surface area contributed by atoms with Gasteiger partial charge in [0.2, 0.25) is 0 Å². The number of hydrogen-bond acceptors (Lipinski definition) is 5. The lowest BCUT2D eigenvalue weighted by atomic mass is 9.81. The maximum Gasteiger partial charge on any atom is 0.460 e. The lowest BCUT2D eigenvalue weighted by Gasteiger charge is -2.42. The molecule has 0 aromatic heterocycles. The number of alkyl halides is 17.